The topological polar surface area (TPSA) is 70.8 Å². The van der Waals surface area contributed by atoms with Crippen LogP contribution in [0.3, 0.4) is 0 Å². The lowest BCUT2D eigenvalue weighted by molar-refractivity contribution is -0.126. The number of hydrogen-bond donors (Lipinski definition) is 0. The molecular formula is C12H12N2O4S. The molecule has 2 saturated heterocycles. The standard InChI is InChI=1S/C12H12N2O4S/c15-10-7-19-12(17)14(10)9-1-3-13(5-9)11(16)8-2-4-18-6-8/h2,4,6,9H,1,3,5,7H2/t9-/m0/s1. The van der Waals surface area contributed by atoms with Crippen molar-refractivity contribution < 1.29 is 18.8 Å². The lowest BCUT2D eigenvalue weighted by Crippen LogP contribution is -2.41. The number of likely N-dealkylation sites (tertiary alicyclic amines) is 1. The Morgan fingerprint density at radius 3 is 2.89 bits per heavy atom. The second-order valence-corrected chi connectivity index (χ2v) is 5.45. The summed E-state index contributed by atoms with van der Waals surface area (Å²) < 4.78 is 4.89. The van der Waals surface area contributed by atoms with Gasteiger partial charge in [0.25, 0.3) is 11.1 Å². The highest BCUT2D eigenvalue weighted by Crippen LogP contribution is 2.26. The maximum Gasteiger partial charge on any atom is 0.289 e. The normalized spacial score (nSPS) is 23.5. The van der Waals surface area contributed by atoms with E-state index in [0.717, 1.165) is 11.8 Å². The molecule has 19 heavy (non-hydrogen) atoms. The number of carbonyl (C=O) groups is 3. The summed E-state index contributed by atoms with van der Waals surface area (Å²) in [6, 6.07) is 1.42. The van der Waals surface area contributed by atoms with Gasteiger partial charge >= 0.3 is 0 Å². The van der Waals surface area contributed by atoms with E-state index in [-0.39, 0.29) is 28.8 Å². The Labute approximate surface area is 113 Å². The van der Waals surface area contributed by atoms with Crippen LogP contribution >= 0.6 is 11.8 Å². The van der Waals surface area contributed by atoms with Gasteiger partial charge in [0.2, 0.25) is 5.91 Å². The summed E-state index contributed by atoms with van der Waals surface area (Å²) in [4.78, 5) is 38.3. The molecule has 2 aliphatic heterocycles. The predicted octanol–water partition coefficient (Wildman–Crippen LogP) is 1.19. The third-order valence-electron chi connectivity index (χ3n) is 3.37. The summed E-state index contributed by atoms with van der Waals surface area (Å²) in [5, 5.41) is -0.201. The van der Waals surface area contributed by atoms with Crippen molar-refractivity contribution in [1.82, 2.24) is 9.80 Å². The molecular weight excluding hydrogens is 268 g/mol. The Morgan fingerprint density at radius 2 is 2.26 bits per heavy atom. The maximum atomic E-state index is 12.1. The predicted molar refractivity (Wildman–Crippen MR) is 67.7 cm³/mol. The van der Waals surface area contributed by atoms with Crippen LogP contribution in [0.15, 0.2) is 23.0 Å². The average molecular weight is 280 g/mol. The van der Waals surface area contributed by atoms with Crippen LogP contribution in [0.1, 0.15) is 16.8 Å². The van der Waals surface area contributed by atoms with Crippen LogP contribution in [-0.4, -0.2) is 51.7 Å². The van der Waals surface area contributed by atoms with Gasteiger partial charge in [-0.25, -0.2) is 0 Å². The molecule has 0 unspecified atom stereocenters. The number of amides is 3. The van der Waals surface area contributed by atoms with Gasteiger partial charge in [0.05, 0.1) is 23.6 Å². The highest BCUT2D eigenvalue weighted by atomic mass is 32.2. The monoisotopic (exact) mass is 280 g/mol. The smallest absolute Gasteiger partial charge is 0.289 e. The van der Waals surface area contributed by atoms with Crippen LogP contribution in [0, 0.1) is 0 Å². The Hall–Kier alpha value is -1.76. The van der Waals surface area contributed by atoms with Gasteiger partial charge in [-0.3, -0.25) is 19.3 Å². The molecule has 3 amide bonds. The van der Waals surface area contributed by atoms with Crippen LogP contribution in [0.5, 0.6) is 0 Å². The van der Waals surface area contributed by atoms with Crippen molar-refractivity contribution in [3.8, 4) is 0 Å². The highest BCUT2D eigenvalue weighted by Gasteiger charge is 2.40. The van der Waals surface area contributed by atoms with Crippen molar-refractivity contribution >= 4 is 28.8 Å². The summed E-state index contributed by atoms with van der Waals surface area (Å²) in [6.45, 7) is 0.957. The number of hydrogen-bond acceptors (Lipinski definition) is 5. The molecule has 0 N–H and O–H groups in total. The Morgan fingerprint density at radius 1 is 1.42 bits per heavy atom. The van der Waals surface area contributed by atoms with E-state index in [4.69, 9.17) is 4.42 Å². The Kier molecular flexibility index (Phi) is 3.06. The molecule has 6 nitrogen and oxygen atoms in total. The van der Waals surface area contributed by atoms with Gasteiger partial charge in [-0.05, 0) is 12.5 Å². The van der Waals surface area contributed by atoms with E-state index >= 15 is 0 Å². The minimum absolute atomic E-state index is 0.122. The van der Waals surface area contributed by atoms with Crippen LogP contribution in [0.25, 0.3) is 0 Å². The number of imide groups is 1. The maximum absolute atomic E-state index is 12.1. The molecule has 0 spiro atoms. The largest absolute Gasteiger partial charge is 0.472 e. The molecule has 0 aliphatic carbocycles. The Balaban J connectivity index is 1.69. The van der Waals surface area contributed by atoms with Crippen molar-refractivity contribution in [3.05, 3.63) is 24.2 Å². The fourth-order valence-corrected chi connectivity index (χ4v) is 3.20. The first-order chi connectivity index (χ1) is 9.16. The average Bonchev–Trinajstić information content (AvgIpc) is 3.10. The molecule has 0 saturated carbocycles. The zero-order valence-electron chi connectivity index (χ0n) is 10.1. The van der Waals surface area contributed by atoms with Crippen molar-refractivity contribution in [3.63, 3.8) is 0 Å². The van der Waals surface area contributed by atoms with Gasteiger partial charge in [0.15, 0.2) is 0 Å². The lowest BCUT2D eigenvalue weighted by Gasteiger charge is -2.21. The van der Waals surface area contributed by atoms with Crippen LogP contribution in [0.4, 0.5) is 4.79 Å². The molecule has 100 valence electrons. The molecule has 0 radical (unpaired) electrons. The second-order valence-electron chi connectivity index (χ2n) is 4.52. The summed E-state index contributed by atoms with van der Waals surface area (Å²) in [6.07, 6.45) is 3.49. The van der Waals surface area contributed by atoms with E-state index in [2.05, 4.69) is 0 Å². The van der Waals surface area contributed by atoms with Crippen molar-refractivity contribution in [2.45, 2.75) is 12.5 Å². The van der Waals surface area contributed by atoms with Gasteiger partial charge < -0.3 is 9.32 Å². The third kappa shape index (κ3) is 2.14. The Bertz CT molecular complexity index is 512. The van der Waals surface area contributed by atoms with Crippen LogP contribution in [0.2, 0.25) is 0 Å². The van der Waals surface area contributed by atoms with Crippen molar-refractivity contribution in [1.29, 1.82) is 0 Å². The van der Waals surface area contributed by atoms with E-state index in [9.17, 15) is 14.4 Å². The summed E-state index contributed by atoms with van der Waals surface area (Å²) in [5.41, 5.74) is 0.495. The van der Waals surface area contributed by atoms with E-state index in [1.807, 2.05) is 0 Å². The molecule has 3 rings (SSSR count). The lowest BCUT2D eigenvalue weighted by atomic mass is 10.2. The van der Waals surface area contributed by atoms with E-state index < -0.39 is 0 Å². The first-order valence-electron chi connectivity index (χ1n) is 5.97. The zero-order valence-corrected chi connectivity index (χ0v) is 10.9. The molecule has 7 heteroatoms. The minimum Gasteiger partial charge on any atom is -0.472 e. The SMILES string of the molecule is O=C(c1ccoc1)N1CC[C@H](N2C(=O)CSC2=O)C1. The van der Waals surface area contributed by atoms with Gasteiger partial charge in [0, 0.05) is 13.1 Å². The molecule has 0 bridgehead atoms. The molecule has 2 aliphatic rings. The summed E-state index contributed by atoms with van der Waals surface area (Å²) >= 11 is 1.03. The molecule has 1 atom stereocenters. The molecule has 3 heterocycles. The number of thioether (sulfide) groups is 1. The third-order valence-corrected chi connectivity index (χ3v) is 4.20. The van der Waals surface area contributed by atoms with E-state index in [1.54, 1.807) is 11.0 Å². The second kappa shape index (κ2) is 4.73. The summed E-state index contributed by atoms with van der Waals surface area (Å²) in [5.74, 6) is -0.0639. The summed E-state index contributed by atoms with van der Waals surface area (Å²) in [7, 11) is 0. The minimum atomic E-state index is -0.201. The fourth-order valence-electron chi connectivity index (χ4n) is 2.42. The number of furan rings is 1. The first-order valence-corrected chi connectivity index (χ1v) is 6.95. The first kappa shape index (κ1) is 12.3. The van der Waals surface area contributed by atoms with Crippen LogP contribution in [-0.2, 0) is 4.79 Å². The van der Waals surface area contributed by atoms with Crippen molar-refractivity contribution in [2.75, 3.05) is 18.8 Å². The van der Waals surface area contributed by atoms with Gasteiger partial charge in [-0.1, -0.05) is 11.8 Å². The van der Waals surface area contributed by atoms with Gasteiger partial charge in [-0.15, -0.1) is 0 Å². The number of nitrogens with zero attached hydrogens (tertiary/aromatic N) is 2. The van der Waals surface area contributed by atoms with Gasteiger partial charge in [0.1, 0.15) is 6.26 Å². The number of rotatable bonds is 2. The van der Waals surface area contributed by atoms with Gasteiger partial charge in [-0.2, -0.15) is 0 Å². The quantitative estimate of drug-likeness (QED) is 0.813. The van der Waals surface area contributed by atoms with E-state index in [0.29, 0.717) is 25.1 Å². The fraction of sp³-hybridized carbons (Fsp3) is 0.417. The van der Waals surface area contributed by atoms with Crippen molar-refractivity contribution in [2.24, 2.45) is 0 Å². The molecule has 0 aromatic carbocycles. The molecule has 1 aromatic rings. The zero-order chi connectivity index (χ0) is 13.4. The molecule has 2 fully saturated rings. The van der Waals surface area contributed by atoms with E-state index in [1.165, 1.54) is 17.4 Å². The number of carbonyl (C=O) groups excluding carboxylic acids is 3. The molecule has 1 aromatic heterocycles. The van der Waals surface area contributed by atoms with Crippen LogP contribution < -0.4 is 0 Å². The highest BCUT2D eigenvalue weighted by molar-refractivity contribution is 8.14.